The van der Waals surface area contributed by atoms with Crippen molar-refractivity contribution in [2.45, 2.75) is 12.2 Å². The van der Waals surface area contributed by atoms with E-state index in [4.69, 9.17) is 0 Å². The number of aromatic nitrogens is 2. The summed E-state index contributed by atoms with van der Waals surface area (Å²) in [6, 6.07) is 1.79. The summed E-state index contributed by atoms with van der Waals surface area (Å²) in [5, 5.41) is 5.72. The summed E-state index contributed by atoms with van der Waals surface area (Å²) in [6.07, 6.45) is -2.87. The molecule has 0 aromatic carbocycles. The van der Waals surface area contributed by atoms with E-state index in [-0.39, 0.29) is 11.6 Å². The Kier molecular flexibility index (Phi) is 3.58. The molecule has 1 fully saturated rings. The van der Waals surface area contributed by atoms with Gasteiger partial charge in [0.15, 0.2) is 0 Å². The summed E-state index contributed by atoms with van der Waals surface area (Å²) in [4.78, 5) is 10.3. The van der Waals surface area contributed by atoms with Crippen molar-refractivity contribution in [1.29, 1.82) is 0 Å². The van der Waals surface area contributed by atoms with E-state index >= 15 is 0 Å². The Hall–Kier alpha value is -1.67. The zero-order chi connectivity index (χ0) is 15.0. The van der Waals surface area contributed by atoms with Crippen molar-refractivity contribution in [2.75, 3.05) is 25.0 Å². The van der Waals surface area contributed by atoms with Crippen LogP contribution in [0.25, 0.3) is 11.3 Å². The molecule has 2 aromatic rings. The van der Waals surface area contributed by atoms with Gasteiger partial charge < -0.3 is 10.2 Å². The fourth-order valence-electron chi connectivity index (χ4n) is 2.09. The summed E-state index contributed by atoms with van der Waals surface area (Å²) in [5.74, 6) is 0.443. The number of anilines is 1. The third-order valence-corrected chi connectivity index (χ3v) is 4.25. The van der Waals surface area contributed by atoms with Crippen LogP contribution in [0.5, 0.6) is 0 Å². The van der Waals surface area contributed by atoms with E-state index in [1.807, 2.05) is 11.9 Å². The van der Waals surface area contributed by atoms with Gasteiger partial charge in [-0.1, -0.05) is 0 Å². The topological polar surface area (TPSA) is 41.1 Å². The lowest BCUT2D eigenvalue weighted by atomic mass is 10.1. The van der Waals surface area contributed by atoms with E-state index in [1.165, 1.54) is 17.6 Å². The number of alkyl halides is 3. The summed E-state index contributed by atoms with van der Waals surface area (Å²) in [5.41, 5.74) is -0.242. The number of nitrogens with one attached hydrogen (secondary N) is 1. The molecule has 0 saturated carbocycles. The molecule has 0 aliphatic carbocycles. The van der Waals surface area contributed by atoms with Crippen LogP contribution in [0.1, 0.15) is 5.56 Å². The molecular weight excluding hydrogens is 301 g/mol. The zero-order valence-electron chi connectivity index (χ0n) is 11.2. The average molecular weight is 314 g/mol. The van der Waals surface area contributed by atoms with Crippen molar-refractivity contribution < 1.29 is 13.2 Å². The van der Waals surface area contributed by atoms with Gasteiger partial charge in [0, 0.05) is 42.7 Å². The Balaban J connectivity index is 1.95. The number of likely N-dealkylation sites (N-methyl/N-ethyl adjacent to an activating group) is 1. The van der Waals surface area contributed by atoms with Gasteiger partial charge >= 0.3 is 6.18 Å². The molecule has 2 aromatic heterocycles. The molecule has 8 heteroatoms. The molecule has 4 nitrogen and oxygen atoms in total. The van der Waals surface area contributed by atoms with Crippen LogP contribution in [0.15, 0.2) is 23.0 Å². The average Bonchev–Trinajstić information content (AvgIpc) is 2.86. The molecule has 3 heterocycles. The summed E-state index contributed by atoms with van der Waals surface area (Å²) < 4.78 is 38.9. The maximum absolute atomic E-state index is 13.0. The predicted octanol–water partition coefficient (Wildman–Crippen LogP) is 2.63. The molecule has 0 amide bonds. The van der Waals surface area contributed by atoms with Crippen LogP contribution in [-0.4, -0.2) is 36.1 Å². The van der Waals surface area contributed by atoms with Gasteiger partial charge in [0.25, 0.3) is 0 Å². The summed E-state index contributed by atoms with van der Waals surface area (Å²) in [6.45, 7) is 1.66. The van der Waals surface area contributed by atoms with Gasteiger partial charge in [-0.25, -0.2) is 9.97 Å². The molecule has 21 heavy (non-hydrogen) atoms. The van der Waals surface area contributed by atoms with E-state index in [9.17, 15) is 13.2 Å². The third kappa shape index (κ3) is 2.73. The Morgan fingerprint density at radius 3 is 2.71 bits per heavy atom. The van der Waals surface area contributed by atoms with E-state index in [1.54, 1.807) is 0 Å². The van der Waals surface area contributed by atoms with Crippen LogP contribution >= 0.6 is 11.3 Å². The smallest absolute Gasteiger partial charge is 0.338 e. The first-order valence-corrected chi connectivity index (χ1v) is 7.31. The van der Waals surface area contributed by atoms with Crippen molar-refractivity contribution in [1.82, 2.24) is 15.3 Å². The van der Waals surface area contributed by atoms with Gasteiger partial charge in [-0.2, -0.15) is 24.5 Å². The number of nitrogens with zero attached hydrogens (tertiary/aromatic N) is 3. The Morgan fingerprint density at radius 1 is 1.33 bits per heavy atom. The van der Waals surface area contributed by atoms with Gasteiger partial charge in [-0.05, 0) is 6.07 Å². The van der Waals surface area contributed by atoms with Crippen LogP contribution in [-0.2, 0) is 6.18 Å². The standard InChI is InChI=1S/C13H13F3N4S/c1-20(8-4-17-5-8)12-18-3-2-11(19-12)9-6-21-7-10(9)13(14,15)16/h2-3,6-8,17H,4-5H2,1H3. The Morgan fingerprint density at radius 2 is 2.10 bits per heavy atom. The number of thiophene rings is 1. The van der Waals surface area contributed by atoms with E-state index in [0.29, 0.717) is 11.6 Å². The van der Waals surface area contributed by atoms with Crippen molar-refractivity contribution >= 4 is 17.3 Å². The quantitative estimate of drug-likeness (QED) is 0.945. The Labute approximate surface area is 123 Å². The molecule has 3 rings (SSSR count). The maximum Gasteiger partial charge on any atom is 0.417 e. The monoisotopic (exact) mass is 314 g/mol. The molecule has 0 bridgehead atoms. The molecule has 0 unspecified atom stereocenters. The second-order valence-corrected chi connectivity index (χ2v) is 5.61. The van der Waals surface area contributed by atoms with Gasteiger partial charge in [0.05, 0.1) is 17.3 Å². The van der Waals surface area contributed by atoms with E-state index < -0.39 is 11.7 Å². The summed E-state index contributed by atoms with van der Waals surface area (Å²) >= 11 is 1.02. The molecule has 1 aliphatic rings. The second kappa shape index (κ2) is 5.27. The SMILES string of the molecule is CN(c1nccc(-c2cscc2C(F)(F)F)n1)C1CNC1. The maximum atomic E-state index is 13.0. The first kappa shape index (κ1) is 14.3. The normalized spacial score (nSPS) is 15.8. The Bertz CT molecular complexity index is 636. The molecule has 112 valence electrons. The highest BCUT2D eigenvalue weighted by Gasteiger charge is 2.35. The highest BCUT2D eigenvalue weighted by Crippen LogP contribution is 2.38. The number of hydrogen-bond donors (Lipinski definition) is 1. The van der Waals surface area contributed by atoms with Crippen molar-refractivity contribution in [3.8, 4) is 11.3 Å². The van der Waals surface area contributed by atoms with Gasteiger partial charge in [0.2, 0.25) is 5.95 Å². The van der Waals surface area contributed by atoms with Crippen molar-refractivity contribution in [2.24, 2.45) is 0 Å². The van der Waals surface area contributed by atoms with Crippen LogP contribution in [0, 0.1) is 0 Å². The lowest BCUT2D eigenvalue weighted by molar-refractivity contribution is -0.136. The van der Waals surface area contributed by atoms with Crippen LogP contribution in [0.3, 0.4) is 0 Å². The zero-order valence-corrected chi connectivity index (χ0v) is 12.0. The van der Waals surface area contributed by atoms with Gasteiger partial charge in [0.1, 0.15) is 0 Å². The molecule has 1 aliphatic heterocycles. The molecule has 1 N–H and O–H groups in total. The summed E-state index contributed by atoms with van der Waals surface area (Å²) in [7, 11) is 1.85. The number of rotatable bonds is 3. The minimum Gasteiger partial charge on any atom is -0.338 e. The second-order valence-electron chi connectivity index (χ2n) is 4.86. The van der Waals surface area contributed by atoms with Gasteiger partial charge in [-0.3, -0.25) is 0 Å². The van der Waals surface area contributed by atoms with Crippen molar-refractivity contribution in [3.63, 3.8) is 0 Å². The van der Waals surface area contributed by atoms with Crippen LogP contribution in [0.2, 0.25) is 0 Å². The fraction of sp³-hybridized carbons (Fsp3) is 0.385. The molecular formula is C13H13F3N4S. The highest BCUT2D eigenvalue weighted by molar-refractivity contribution is 7.08. The van der Waals surface area contributed by atoms with Crippen molar-refractivity contribution in [3.05, 3.63) is 28.6 Å². The lowest BCUT2D eigenvalue weighted by Gasteiger charge is -2.35. The number of hydrogen-bond acceptors (Lipinski definition) is 5. The van der Waals surface area contributed by atoms with E-state index in [2.05, 4.69) is 15.3 Å². The van der Waals surface area contributed by atoms with Gasteiger partial charge in [-0.15, -0.1) is 0 Å². The third-order valence-electron chi connectivity index (χ3n) is 3.51. The minimum atomic E-state index is -4.37. The first-order valence-electron chi connectivity index (χ1n) is 6.37. The number of halogens is 3. The van der Waals surface area contributed by atoms with Crippen LogP contribution < -0.4 is 10.2 Å². The van der Waals surface area contributed by atoms with E-state index in [0.717, 1.165) is 29.8 Å². The van der Waals surface area contributed by atoms with Crippen LogP contribution in [0.4, 0.5) is 19.1 Å². The molecule has 0 spiro atoms. The molecule has 0 radical (unpaired) electrons. The highest BCUT2D eigenvalue weighted by atomic mass is 32.1. The molecule has 1 saturated heterocycles. The lowest BCUT2D eigenvalue weighted by Crippen LogP contribution is -2.56. The largest absolute Gasteiger partial charge is 0.417 e. The first-order chi connectivity index (χ1) is 9.97. The fourth-order valence-corrected chi connectivity index (χ4v) is 2.94. The molecule has 0 atom stereocenters. The predicted molar refractivity (Wildman–Crippen MR) is 75.4 cm³/mol. The minimum absolute atomic E-state index is 0.108.